The monoisotopic (exact) mass is 325 g/mol. The molecule has 2 aromatic rings. The van der Waals surface area contributed by atoms with Gasteiger partial charge < -0.3 is 14.8 Å². The quantitative estimate of drug-likeness (QED) is 0.926. The van der Waals surface area contributed by atoms with E-state index in [4.69, 9.17) is 9.47 Å². The fraction of sp³-hybridized carbons (Fsp3) is 0.350. The number of nitrogens with one attached hydrogen (secondary N) is 1. The highest BCUT2D eigenvalue weighted by Crippen LogP contribution is 2.33. The Balaban J connectivity index is 1.81. The summed E-state index contributed by atoms with van der Waals surface area (Å²) in [5.41, 5.74) is 3.82. The topological polar surface area (TPSA) is 47.6 Å². The lowest BCUT2D eigenvalue weighted by Crippen LogP contribution is -2.29. The molecule has 1 heterocycles. The third-order valence-electron chi connectivity index (χ3n) is 4.32. The van der Waals surface area contributed by atoms with Gasteiger partial charge >= 0.3 is 0 Å². The fourth-order valence-corrected chi connectivity index (χ4v) is 2.91. The largest absolute Gasteiger partial charge is 0.486 e. The number of benzene rings is 2. The van der Waals surface area contributed by atoms with Crippen molar-refractivity contribution in [2.24, 2.45) is 0 Å². The number of hydrogen-bond acceptors (Lipinski definition) is 3. The SMILES string of the molecule is CCC(NC(=O)c1cc(C)ccc1C)c1ccc2c(c1)OCCO2. The molecule has 1 aliphatic heterocycles. The molecular weight excluding hydrogens is 302 g/mol. The van der Waals surface area contributed by atoms with Crippen molar-refractivity contribution in [2.75, 3.05) is 13.2 Å². The Labute approximate surface area is 142 Å². The first-order valence-electron chi connectivity index (χ1n) is 8.36. The Morgan fingerprint density at radius 3 is 2.58 bits per heavy atom. The number of aryl methyl sites for hydroxylation is 2. The van der Waals surface area contributed by atoms with Crippen molar-refractivity contribution in [1.82, 2.24) is 5.32 Å². The van der Waals surface area contributed by atoms with Crippen molar-refractivity contribution >= 4 is 5.91 Å². The van der Waals surface area contributed by atoms with Crippen molar-refractivity contribution in [3.8, 4) is 11.5 Å². The van der Waals surface area contributed by atoms with E-state index in [1.54, 1.807) is 0 Å². The second kappa shape index (κ2) is 6.95. The third kappa shape index (κ3) is 3.37. The summed E-state index contributed by atoms with van der Waals surface area (Å²) in [5.74, 6) is 1.47. The second-order valence-corrected chi connectivity index (χ2v) is 6.16. The standard InChI is InChI=1S/C20H23NO3/c1-4-17(15-7-8-18-19(12-15)24-10-9-23-18)21-20(22)16-11-13(2)5-6-14(16)3/h5-8,11-12,17H,4,9-10H2,1-3H3,(H,21,22). The van der Waals surface area contributed by atoms with Crippen LogP contribution in [-0.2, 0) is 0 Å². The number of fused-ring (bicyclic) bond motifs is 1. The van der Waals surface area contributed by atoms with Crippen LogP contribution in [0.1, 0.15) is 46.4 Å². The van der Waals surface area contributed by atoms with Crippen LogP contribution >= 0.6 is 0 Å². The van der Waals surface area contributed by atoms with Crippen LogP contribution in [0.5, 0.6) is 11.5 Å². The normalized spacial score (nSPS) is 14.1. The first kappa shape index (κ1) is 16.4. The summed E-state index contributed by atoms with van der Waals surface area (Å²) in [4.78, 5) is 12.7. The van der Waals surface area contributed by atoms with Crippen molar-refractivity contribution in [2.45, 2.75) is 33.2 Å². The first-order valence-corrected chi connectivity index (χ1v) is 8.36. The molecule has 1 atom stereocenters. The Kier molecular flexibility index (Phi) is 4.74. The first-order chi connectivity index (χ1) is 11.6. The van der Waals surface area contributed by atoms with Gasteiger partial charge in [0.05, 0.1) is 6.04 Å². The van der Waals surface area contributed by atoms with Gasteiger partial charge in [0.15, 0.2) is 11.5 Å². The van der Waals surface area contributed by atoms with Gasteiger partial charge in [0, 0.05) is 5.56 Å². The average Bonchev–Trinajstić information content (AvgIpc) is 2.61. The van der Waals surface area contributed by atoms with Crippen molar-refractivity contribution in [3.05, 3.63) is 58.7 Å². The molecule has 1 N–H and O–H groups in total. The van der Waals surface area contributed by atoms with Gasteiger partial charge in [-0.05, 0) is 49.6 Å². The van der Waals surface area contributed by atoms with E-state index in [1.807, 2.05) is 50.2 Å². The summed E-state index contributed by atoms with van der Waals surface area (Å²) in [6, 6.07) is 11.7. The average molecular weight is 325 g/mol. The van der Waals surface area contributed by atoms with Crippen LogP contribution in [0, 0.1) is 13.8 Å². The fourth-order valence-electron chi connectivity index (χ4n) is 2.91. The molecule has 1 amide bonds. The van der Waals surface area contributed by atoms with Gasteiger partial charge in [-0.2, -0.15) is 0 Å². The highest BCUT2D eigenvalue weighted by Gasteiger charge is 2.19. The predicted octanol–water partition coefficient (Wildman–Crippen LogP) is 3.96. The highest BCUT2D eigenvalue weighted by atomic mass is 16.6. The molecule has 0 saturated carbocycles. The lowest BCUT2D eigenvalue weighted by Gasteiger charge is -2.22. The molecule has 0 spiro atoms. The Morgan fingerprint density at radius 1 is 1.08 bits per heavy atom. The molecule has 0 bridgehead atoms. The van der Waals surface area contributed by atoms with E-state index in [0.717, 1.165) is 40.2 Å². The van der Waals surface area contributed by atoms with Gasteiger partial charge in [-0.15, -0.1) is 0 Å². The van der Waals surface area contributed by atoms with Gasteiger partial charge in [-0.1, -0.05) is 30.7 Å². The molecule has 3 rings (SSSR count). The van der Waals surface area contributed by atoms with E-state index in [0.29, 0.717) is 13.2 Å². The second-order valence-electron chi connectivity index (χ2n) is 6.16. The van der Waals surface area contributed by atoms with Crippen LogP contribution in [0.4, 0.5) is 0 Å². The van der Waals surface area contributed by atoms with Crippen LogP contribution in [-0.4, -0.2) is 19.1 Å². The molecule has 0 fully saturated rings. The van der Waals surface area contributed by atoms with E-state index >= 15 is 0 Å². The van der Waals surface area contributed by atoms with Crippen molar-refractivity contribution in [1.29, 1.82) is 0 Å². The van der Waals surface area contributed by atoms with Gasteiger partial charge in [0.2, 0.25) is 0 Å². The summed E-state index contributed by atoms with van der Waals surface area (Å²) >= 11 is 0. The number of hydrogen-bond donors (Lipinski definition) is 1. The highest BCUT2D eigenvalue weighted by molar-refractivity contribution is 5.96. The minimum Gasteiger partial charge on any atom is -0.486 e. The maximum Gasteiger partial charge on any atom is 0.252 e. The number of carbonyl (C=O) groups is 1. The van der Waals surface area contributed by atoms with Crippen LogP contribution < -0.4 is 14.8 Å². The van der Waals surface area contributed by atoms with Crippen molar-refractivity contribution < 1.29 is 14.3 Å². The van der Waals surface area contributed by atoms with Crippen LogP contribution in [0.15, 0.2) is 36.4 Å². The van der Waals surface area contributed by atoms with Gasteiger partial charge in [0.1, 0.15) is 13.2 Å². The molecule has 2 aromatic carbocycles. The van der Waals surface area contributed by atoms with E-state index in [-0.39, 0.29) is 11.9 Å². The minimum atomic E-state index is -0.0618. The third-order valence-corrected chi connectivity index (χ3v) is 4.32. The molecule has 4 nitrogen and oxygen atoms in total. The van der Waals surface area contributed by atoms with Gasteiger partial charge in [-0.3, -0.25) is 4.79 Å². The van der Waals surface area contributed by atoms with E-state index < -0.39 is 0 Å². The number of rotatable bonds is 4. The Bertz CT molecular complexity index is 755. The lowest BCUT2D eigenvalue weighted by molar-refractivity contribution is 0.0934. The maximum absolute atomic E-state index is 12.7. The molecule has 1 unspecified atom stereocenters. The molecule has 0 saturated heterocycles. The zero-order valence-electron chi connectivity index (χ0n) is 14.4. The van der Waals surface area contributed by atoms with Gasteiger partial charge in [0.25, 0.3) is 5.91 Å². The molecular formula is C20H23NO3. The zero-order chi connectivity index (χ0) is 17.1. The number of ether oxygens (including phenoxy) is 2. The summed E-state index contributed by atoms with van der Waals surface area (Å²) < 4.78 is 11.2. The summed E-state index contributed by atoms with van der Waals surface area (Å²) in [6.07, 6.45) is 0.802. The van der Waals surface area contributed by atoms with Crippen LogP contribution in [0.3, 0.4) is 0 Å². The van der Waals surface area contributed by atoms with E-state index in [9.17, 15) is 4.79 Å². The van der Waals surface area contributed by atoms with E-state index in [1.165, 1.54) is 0 Å². The van der Waals surface area contributed by atoms with Crippen LogP contribution in [0.2, 0.25) is 0 Å². The predicted molar refractivity (Wildman–Crippen MR) is 93.8 cm³/mol. The lowest BCUT2D eigenvalue weighted by atomic mass is 10.0. The molecule has 24 heavy (non-hydrogen) atoms. The molecule has 4 heteroatoms. The summed E-state index contributed by atoms with van der Waals surface area (Å²) in [5, 5.41) is 3.14. The number of amides is 1. The smallest absolute Gasteiger partial charge is 0.252 e. The molecule has 0 aliphatic carbocycles. The number of carbonyl (C=O) groups excluding carboxylic acids is 1. The summed E-state index contributed by atoms with van der Waals surface area (Å²) in [7, 11) is 0. The zero-order valence-corrected chi connectivity index (χ0v) is 14.4. The van der Waals surface area contributed by atoms with E-state index in [2.05, 4.69) is 12.2 Å². The molecule has 126 valence electrons. The van der Waals surface area contributed by atoms with Crippen LogP contribution in [0.25, 0.3) is 0 Å². The van der Waals surface area contributed by atoms with Crippen molar-refractivity contribution in [3.63, 3.8) is 0 Å². The Hall–Kier alpha value is -2.49. The minimum absolute atomic E-state index is 0.0436. The molecule has 1 aliphatic rings. The maximum atomic E-state index is 12.7. The summed E-state index contributed by atoms with van der Waals surface area (Å²) in [6.45, 7) is 7.15. The molecule has 0 radical (unpaired) electrons. The van der Waals surface area contributed by atoms with Gasteiger partial charge in [-0.25, -0.2) is 0 Å². The molecule has 0 aromatic heterocycles. The Morgan fingerprint density at radius 2 is 1.83 bits per heavy atom.